The number of carbonyl (C=O) groups excluding carboxylic acids is 2. The normalized spacial score (nSPS) is 9.83. The van der Waals surface area contributed by atoms with Gasteiger partial charge in [0.15, 0.2) is 0 Å². The summed E-state index contributed by atoms with van der Waals surface area (Å²) in [6, 6.07) is 10.3. The van der Waals surface area contributed by atoms with Crippen molar-refractivity contribution in [2.45, 2.75) is 6.92 Å². The average Bonchev–Trinajstić information content (AvgIpc) is 2.57. The van der Waals surface area contributed by atoms with Gasteiger partial charge in [0.2, 0.25) is 0 Å². The van der Waals surface area contributed by atoms with Crippen molar-refractivity contribution in [2.24, 2.45) is 0 Å². The maximum Gasteiger partial charge on any atom is 0.411 e. The third-order valence-corrected chi connectivity index (χ3v) is 2.88. The van der Waals surface area contributed by atoms with Crippen molar-refractivity contribution in [2.75, 3.05) is 24.4 Å². The van der Waals surface area contributed by atoms with Gasteiger partial charge in [-0.2, -0.15) is 0 Å². The highest BCUT2D eigenvalue weighted by atomic mass is 16.5. The van der Waals surface area contributed by atoms with Crippen molar-refractivity contribution < 1.29 is 19.1 Å². The molecule has 2 aromatic rings. The number of ether oxygens (including phenoxy) is 2. The molecule has 0 aliphatic carbocycles. The molecule has 0 saturated heterocycles. The monoisotopic (exact) mass is 315 g/mol. The molecule has 0 aliphatic rings. The third-order valence-electron chi connectivity index (χ3n) is 2.88. The van der Waals surface area contributed by atoms with Crippen LogP contribution in [0.4, 0.5) is 22.0 Å². The second-order valence-corrected chi connectivity index (χ2v) is 4.44. The van der Waals surface area contributed by atoms with E-state index in [4.69, 9.17) is 4.74 Å². The molecule has 0 bridgehead atoms. The van der Waals surface area contributed by atoms with E-state index in [1.807, 2.05) is 0 Å². The van der Waals surface area contributed by atoms with Gasteiger partial charge in [-0.3, -0.25) is 5.32 Å². The van der Waals surface area contributed by atoms with Gasteiger partial charge in [0.1, 0.15) is 5.82 Å². The Morgan fingerprint density at radius 1 is 1.17 bits per heavy atom. The van der Waals surface area contributed by atoms with Crippen molar-refractivity contribution in [3.8, 4) is 0 Å². The first-order valence-corrected chi connectivity index (χ1v) is 6.98. The van der Waals surface area contributed by atoms with Gasteiger partial charge in [-0.05, 0) is 31.2 Å². The number of hydrogen-bond acceptors (Lipinski definition) is 6. The van der Waals surface area contributed by atoms with E-state index in [-0.39, 0.29) is 0 Å². The summed E-state index contributed by atoms with van der Waals surface area (Å²) >= 11 is 0. The molecule has 0 saturated carbocycles. The summed E-state index contributed by atoms with van der Waals surface area (Å²) in [6.07, 6.45) is 0.909. The molecule has 1 amide bonds. The van der Waals surface area contributed by atoms with Gasteiger partial charge in [-0.25, -0.2) is 14.6 Å². The number of para-hydroxylation sites is 1. The summed E-state index contributed by atoms with van der Waals surface area (Å²) in [6.45, 7) is 2.06. The largest absolute Gasteiger partial charge is 0.462 e. The zero-order valence-electron chi connectivity index (χ0n) is 12.8. The highest BCUT2D eigenvalue weighted by molar-refractivity contribution is 5.96. The van der Waals surface area contributed by atoms with Crippen LogP contribution >= 0.6 is 0 Å². The minimum atomic E-state index is -0.569. The summed E-state index contributed by atoms with van der Waals surface area (Å²) < 4.78 is 9.52. The highest BCUT2D eigenvalue weighted by Crippen LogP contribution is 2.21. The summed E-state index contributed by atoms with van der Waals surface area (Å²) in [5.74, 6) is 0.122. The molecular weight excluding hydrogens is 298 g/mol. The van der Waals surface area contributed by atoms with Crippen LogP contribution in [0.5, 0.6) is 0 Å². The van der Waals surface area contributed by atoms with Gasteiger partial charge in [0, 0.05) is 0 Å². The number of methoxy groups -OCH3 is 1. The van der Waals surface area contributed by atoms with E-state index < -0.39 is 12.1 Å². The number of carbonyl (C=O) groups is 2. The number of pyridine rings is 1. The number of nitrogens with zero attached hydrogens (tertiary/aromatic N) is 1. The molecular formula is C16H17N3O4. The third kappa shape index (κ3) is 4.44. The van der Waals surface area contributed by atoms with E-state index in [1.54, 1.807) is 43.3 Å². The predicted octanol–water partition coefficient (Wildman–Crippen LogP) is 3.18. The number of nitrogens with one attached hydrogen (secondary N) is 2. The fourth-order valence-electron chi connectivity index (χ4n) is 1.83. The Morgan fingerprint density at radius 3 is 2.61 bits per heavy atom. The quantitative estimate of drug-likeness (QED) is 0.824. The molecule has 0 spiro atoms. The number of aromatic nitrogens is 1. The van der Waals surface area contributed by atoms with Crippen molar-refractivity contribution in [3.05, 3.63) is 48.2 Å². The molecule has 0 fully saturated rings. The van der Waals surface area contributed by atoms with Crippen LogP contribution < -0.4 is 10.6 Å². The molecule has 1 aromatic carbocycles. The second-order valence-electron chi connectivity index (χ2n) is 4.44. The molecule has 120 valence electrons. The SMILES string of the molecule is CCOC(=O)c1ccccc1Nc1ccc(NC(=O)OC)cn1. The van der Waals surface area contributed by atoms with E-state index in [0.717, 1.165) is 0 Å². The van der Waals surface area contributed by atoms with E-state index in [2.05, 4.69) is 20.4 Å². The summed E-state index contributed by atoms with van der Waals surface area (Å²) in [5, 5.41) is 5.55. The Labute approximate surface area is 133 Å². The van der Waals surface area contributed by atoms with E-state index in [9.17, 15) is 9.59 Å². The zero-order chi connectivity index (χ0) is 16.7. The van der Waals surface area contributed by atoms with Crippen LogP contribution in [0.25, 0.3) is 0 Å². The molecule has 0 radical (unpaired) electrons. The van der Waals surface area contributed by atoms with Crippen molar-refractivity contribution in [1.82, 2.24) is 4.98 Å². The summed E-state index contributed by atoms with van der Waals surface area (Å²) in [5.41, 5.74) is 1.51. The van der Waals surface area contributed by atoms with Crippen molar-refractivity contribution >= 4 is 29.3 Å². The minimum absolute atomic E-state index is 0.305. The average molecular weight is 315 g/mol. The van der Waals surface area contributed by atoms with E-state index >= 15 is 0 Å². The lowest BCUT2D eigenvalue weighted by Gasteiger charge is -2.11. The summed E-state index contributed by atoms with van der Waals surface area (Å²) in [4.78, 5) is 27.2. The van der Waals surface area contributed by atoms with Gasteiger partial charge in [0.05, 0.1) is 36.9 Å². The number of anilines is 3. The minimum Gasteiger partial charge on any atom is -0.462 e. The molecule has 2 rings (SSSR count). The Hall–Kier alpha value is -3.09. The van der Waals surface area contributed by atoms with Gasteiger partial charge < -0.3 is 14.8 Å². The molecule has 1 heterocycles. The van der Waals surface area contributed by atoms with Gasteiger partial charge in [-0.1, -0.05) is 12.1 Å². The lowest BCUT2D eigenvalue weighted by molar-refractivity contribution is 0.0527. The van der Waals surface area contributed by atoms with Crippen LogP contribution in [-0.2, 0) is 9.47 Å². The van der Waals surface area contributed by atoms with Crippen molar-refractivity contribution in [1.29, 1.82) is 0 Å². The molecule has 0 atom stereocenters. The molecule has 23 heavy (non-hydrogen) atoms. The number of amides is 1. The number of rotatable bonds is 5. The van der Waals surface area contributed by atoms with Crippen LogP contribution in [-0.4, -0.2) is 30.8 Å². The number of esters is 1. The first-order chi connectivity index (χ1) is 11.1. The maximum absolute atomic E-state index is 11.9. The second kappa shape index (κ2) is 7.79. The molecule has 2 N–H and O–H groups in total. The lowest BCUT2D eigenvalue weighted by Crippen LogP contribution is -2.11. The smallest absolute Gasteiger partial charge is 0.411 e. The van der Waals surface area contributed by atoms with Gasteiger partial charge in [0.25, 0.3) is 0 Å². The van der Waals surface area contributed by atoms with E-state index in [0.29, 0.717) is 29.4 Å². The fraction of sp³-hybridized carbons (Fsp3) is 0.188. The highest BCUT2D eigenvalue weighted by Gasteiger charge is 2.12. The number of hydrogen-bond donors (Lipinski definition) is 2. The Balaban J connectivity index is 2.13. The van der Waals surface area contributed by atoms with Crippen LogP contribution in [0, 0.1) is 0 Å². The van der Waals surface area contributed by atoms with Crippen molar-refractivity contribution in [3.63, 3.8) is 0 Å². The molecule has 1 aromatic heterocycles. The maximum atomic E-state index is 11.9. The van der Waals surface area contributed by atoms with Crippen LogP contribution in [0.2, 0.25) is 0 Å². The first kappa shape index (κ1) is 16.3. The summed E-state index contributed by atoms with van der Waals surface area (Å²) in [7, 11) is 1.28. The van der Waals surface area contributed by atoms with Gasteiger partial charge in [-0.15, -0.1) is 0 Å². The Morgan fingerprint density at radius 2 is 1.96 bits per heavy atom. The molecule has 7 nitrogen and oxygen atoms in total. The van der Waals surface area contributed by atoms with Crippen LogP contribution in [0.1, 0.15) is 17.3 Å². The topological polar surface area (TPSA) is 89.6 Å². The fourth-order valence-corrected chi connectivity index (χ4v) is 1.83. The van der Waals surface area contributed by atoms with Crippen LogP contribution in [0.15, 0.2) is 42.6 Å². The Kier molecular flexibility index (Phi) is 5.51. The number of benzene rings is 1. The molecule has 7 heteroatoms. The zero-order valence-corrected chi connectivity index (χ0v) is 12.8. The van der Waals surface area contributed by atoms with Crippen LogP contribution in [0.3, 0.4) is 0 Å². The van der Waals surface area contributed by atoms with Gasteiger partial charge >= 0.3 is 12.1 Å². The predicted molar refractivity (Wildman–Crippen MR) is 85.9 cm³/mol. The lowest BCUT2D eigenvalue weighted by atomic mass is 10.2. The molecule has 0 unspecified atom stereocenters. The molecule has 0 aliphatic heterocycles. The first-order valence-electron chi connectivity index (χ1n) is 6.98. The van der Waals surface area contributed by atoms with E-state index in [1.165, 1.54) is 13.3 Å². The Bertz CT molecular complexity index is 686. The standard InChI is InChI=1S/C16H17N3O4/c1-3-23-15(20)12-6-4-5-7-13(12)19-14-9-8-11(10-17-14)18-16(21)22-2/h4-10H,3H2,1-2H3,(H,17,19)(H,18,21).